The summed E-state index contributed by atoms with van der Waals surface area (Å²) in [7, 11) is 0. The van der Waals surface area contributed by atoms with Gasteiger partial charge < -0.3 is 0 Å². The Bertz CT molecular complexity index is 407. The van der Waals surface area contributed by atoms with Crippen LogP contribution in [0.15, 0.2) is 30.3 Å². The lowest BCUT2D eigenvalue weighted by molar-refractivity contribution is 0.306. The third-order valence-electron chi connectivity index (χ3n) is 4.02. The average molecular weight is 228 g/mol. The summed E-state index contributed by atoms with van der Waals surface area (Å²) >= 11 is 0. The van der Waals surface area contributed by atoms with E-state index in [-0.39, 0.29) is 11.6 Å². The molecule has 90 valence electrons. The number of benzene rings is 1. The van der Waals surface area contributed by atoms with E-state index in [2.05, 4.69) is 37.4 Å². The summed E-state index contributed by atoms with van der Waals surface area (Å²) in [6.45, 7) is 4.32. The Morgan fingerprint density at radius 1 is 1.41 bits per heavy atom. The molecule has 1 N–H and O–H groups in total. The molecule has 1 aromatic rings. The highest BCUT2D eigenvalue weighted by molar-refractivity contribution is 5.21. The lowest BCUT2D eigenvalue weighted by atomic mass is 9.88. The number of nitrogens with zero attached hydrogens (tertiary/aromatic N) is 1. The zero-order chi connectivity index (χ0) is 12.3. The Morgan fingerprint density at radius 3 is 2.65 bits per heavy atom. The van der Waals surface area contributed by atoms with Crippen LogP contribution in [0, 0.1) is 17.2 Å². The van der Waals surface area contributed by atoms with Crippen LogP contribution in [0.4, 0.5) is 0 Å². The second kappa shape index (κ2) is 4.89. The highest BCUT2D eigenvalue weighted by Gasteiger charge is 2.41. The van der Waals surface area contributed by atoms with Gasteiger partial charge in [-0.3, -0.25) is 5.32 Å². The quantitative estimate of drug-likeness (QED) is 0.860. The van der Waals surface area contributed by atoms with E-state index in [1.165, 1.54) is 5.56 Å². The largest absolute Gasteiger partial charge is 0.293 e. The molecule has 0 bridgehead atoms. The van der Waals surface area contributed by atoms with Gasteiger partial charge in [-0.25, -0.2) is 0 Å². The molecule has 0 aliphatic heterocycles. The fourth-order valence-corrected chi connectivity index (χ4v) is 2.80. The first kappa shape index (κ1) is 12.1. The van der Waals surface area contributed by atoms with Gasteiger partial charge >= 0.3 is 0 Å². The predicted octanol–water partition coefficient (Wildman–Crippen LogP) is 3.42. The molecule has 0 unspecified atom stereocenters. The summed E-state index contributed by atoms with van der Waals surface area (Å²) in [6.07, 6.45) is 3.28. The van der Waals surface area contributed by atoms with Crippen molar-refractivity contribution in [3.63, 3.8) is 0 Å². The van der Waals surface area contributed by atoms with Crippen molar-refractivity contribution in [1.29, 1.82) is 5.26 Å². The summed E-state index contributed by atoms with van der Waals surface area (Å²) in [4.78, 5) is 0. The van der Waals surface area contributed by atoms with Crippen molar-refractivity contribution in [2.24, 2.45) is 5.92 Å². The summed E-state index contributed by atoms with van der Waals surface area (Å²) < 4.78 is 0. The molecule has 0 aromatic heterocycles. The summed E-state index contributed by atoms with van der Waals surface area (Å²) in [5.41, 5.74) is 0.927. The molecule has 0 saturated heterocycles. The first-order chi connectivity index (χ1) is 8.18. The van der Waals surface area contributed by atoms with E-state index in [9.17, 15) is 5.26 Å². The molecule has 0 spiro atoms. The molecule has 2 nitrogen and oxygen atoms in total. The number of rotatable bonds is 3. The number of hydrogen-bond donors (Lipinski definition) is 1. The lowest BCUT2D eigenvalue weighted by Gasteiger charge is -2.31. The van der Waals surface area contributed by atoms with Crippen molar-refractivity contribution in [3.05, 3.63) is 35.9 Å². The van der Waals surface area contributed by atoms with Gasteiger partial charge in [0.2, 0.25) is 0 Å². The zero-order valence-corrected chi connectivity index (χ0v) is 10.6. The Labute approximate surface area is 104 Å². The van der Waals surface area contributed by atoms with E-state index >= 15 is 0 Å². The maximum absolute atomic E-state index is 9.47. The minimum atomic E-state index is -0.324. The van der Waals surface area contributed by atoms with Gasteiger partial charge in [0, 0.05) is 6.04 Å². The first-order valence-electron chi connectivity index (χ1n) is 6.42. The van der Waals surface area contributed by atoms with E-state index in [0.29, 0.717) is 5.92 Å². The van der Waals surface area contributed by atoms with Crippen molar-refractivity contribution in [2.45, 2.75) is 44.7 Å². The minimum Gasteiger partial charge on any atom is -0.293 e. The Morgan fingerprint density at radius 2 is 2.12 bits per heavy atom. The Hall–Kier alpha value is -1.33. The molecular weight excluding hydrogens is 208 g/mol. The van der Waals surface area contributed by atoms with Crippen LogP contribution < -0.4 is 5.32 Å². The second-order valence-corrected chi connectivity index (χ2v) is 5.15. The molecule has 1 saturated carbocycles. The summed E-state index contributed by atoms with van der Waals surface area (Å²) in [5, 5.41) is 13.0. The van der Waals surface area contributed by atoms with Crippen LogP contribution in [0.25, 0.3) is 0 Å². The van der Waals surface area contributed by atoms with Crippen LogP contribution in [0.1, 0.15) is 44.7 Å². The van der Waals surface area contributed by atoms with Gasteiger partial charge in [-0.2, -0.15) is 5.26 Å². The second-order valence-electron chi connectivity index (χ2n) is 5.15. The fraction of sp³-hybridized carbons (Fsp3) is 0.533. The van der Waals surface area contributed by atoms with Gasteiger partial charge in [-0.1, -0.05) is 43.7 Å². The van der Waals surface area contributed by atoms with E-state index in [1.54, 1.807) is 0 Å². The molecule has 2 heteroatoms. The fourth-order valence-electron chi connectivity index (χ4n) is 2.80. The lowest BCUT2D eigenvalue weighted by Crippen LogP contribution is -2.47. The van der Waals surface area contributed by atoms with Crippen molar-refractivity contribution >= 4 is 0 Å². The third kappa shape index (κ3) is 2.35. The highest BCUT2D eigenvalue weighted by Crippen LogP contribution is 2.36. The van der Waals surface area contributed by atoms with Crippen LogP contribution >= 0.6 is 0 Å². The molecule has 1 aliphatic carbocycles. The van der Waals surface area contributed by atoms with Crippen LogP contribution in [0.3, 0.4) is 0 Å². The molecule has 1 aliphatic rings. The maximum atomic E-state index is 9.47. The van der Waals surface area contributed by atoms with Crippen LogP contribution in [-0.2, 0) is 0 Å². The van der Waals surface area contributed by atoms with Gasteiger partial charge in [0.25, 0.3) is 0 Å². The molecule has 3 atom stereocenters. The standard InChI is InChI=1S/C15H20N2/c1-12-7-6-10-15(12,11-16)17-13(2)14-8-4-3-5-9-14/h3-5,8-9,12-13,17H,6-7,10H2,1-2H3/t12-,13-,15+/m1/s1. The van der Waals surface area contributed by atoms with Gasteiger partial charge in [-0.05, 0) is 31.2 Å². The van der Waals surface area contributed by atoms with Gasteiger partial charge in [0.15, 0.2) is 0 Å². The number of nitriles is 1. The van der Waals surface area contributed by atoms with E-state index in [4.69, 9.17) is 0 Å². The third-order valence-corrected chi connectivity index (χ3v) is 4.02. The normalized spacial score (nSPS) is 29.8. The van der Waals surface area contributed by atoms with Crippen molar-refractivity contribution in [3.8, 4) is 6.07 Å². The molecule has 17 heavy (non-hydrogen) atoms. The molecule has 0 amide bonds. The predicted molar refractivity (Wildman–Crippen MR) is 69.4 cm³/mol. The monoisotopic (exact) mass is 228 g/mol. The molecule has 1 fully saturated rings. The van der Waals surface area contributed by atoms with Crippen molar-refractivity contribution < 1.29 is 0 Å². The highest BCUT2D eigenvalue weighted by atomic mass is 15.0. The van der Waals surface area contributed by atoms with Crippen LogP contribution in [-0.4, -0.2) is 5.54 Å². The number of nitrogens with one attached hydrogen (secondary N) is 1. The SMILES string of the molecule is C[C@@H]1CCC[C@@]1(C#N)N[C@H](C)c1ccccc1. The number of hydrogen-bond acceptors (Lipinski definition) is 2. The molecular formula is C15H20N2. The summed E-state index contributed by atoms with van der Waals surface area (Å²) in [5.74, 6) is 0.443. The van der Waals surface area contributed by atoms with E-state index in [0.717, 1.165) is 19.3 Å². The molecule has 1 aromatic carbocycles. The molecule has 0 heterocycles. The van der Waals surface area contributed by atoms with Crippen molar-refractivity contribution in [1.82, 2.24) is 5.32 Å². The van der Waals surface area contributed by atoms with E-state index < -0.39 is 0 Å². The van der Waals surface area contributed by atoms with E-state index in [1.807, 2.05) is 18.2 Å². The topological polar surface area (TPSA) is 35.8 Å². The van der Waals surface area contributed by atoms with Crippen LogP contribution in [0.2, 0.25) is 0 Å². The summed E-state index contributed by atoms with van der Waals surface area (Å²) in [6, 6.07) is 13.1. The molecule has 2 rings (SSSR count). The maximum Gasteiger partial charge on any atom is 0.109 e. The first-order valence-corrected chi connectivity index (χ1v) is 6.42. The van der Waals surface area contributed by atoms with Gasteiger partial charge in [-0.15, -0.1) is 0 Å². The van der Waals surface area contributed by atoms with Crippen molar-refractivity contribution in [2.75, 3.05) is 0 Å². The van der Waals surface area contributed by atoms with Crippen LogP contribution in [0.5, 0.6) is 0 Å². The molecule has 0 radical (unpaired) electrons. The smallest absolute Gasteiger partial charge is 0.109 e. The van der Waals surface area contributed by atoms with Gasteiger partial charge in [0.05, 0.1) is 6.07 Å². The van der Waals surface area contributed by atoms with Gasteiger partial charge in [0.1, 0.15) is 5.54 Å². The Kier molecular flexibility index (Phi) is 3.49. The zero-order valence-electron chi connectivity index (χ0n) is 10.6. The average Bonchev–Trinajstić information content (AvgIpc) is 2.72. The minimum absolute atomic E-state index is 0.233. The Balaban J connectivity index is 2.13.